The molecule has 0 radical (unpaired) electrons. The van der Waals surface area contributed by atoms with Crippen molar-refractivity contribution in [2.24, 2.45) is 10.1 Å². The Morgan fingerprint density at radius 1 is 1.14 bits per heavy atom. The Hall–Kier alpha value is -2.10. The summed E-state index contributed by atoms with van der Waals surface area (Å²) in [6, 6.07) is 7.99. The molecule has 68 valence electrons. The van der Waals surface area contributed by atoms with Crippen LogP contribution in [0.5, 0.6) is 0 Å². The molecule has 1 aromatic rings. The molecule has 1 aromatic carbocycles. The lowest BCUT2D eigenvalue weighted by Crippen LogP contribution is -2.20. The first-order valence-corrected chi connectivity index (χ1v) is 4.37. The first-order valence-electron chi connectivity index (χ1n) is 4.37. The quantitative estimate of drug-likeness (QED) is 0.636. The van der Waals surface area contributed by atoms with Crippen LogP contribution in [0.3, 0.4) is 0 Å². The van der Waals surface area contributed by atoms with Crippen molar-refractivity contribution in [2.75, 3.05) is 0 Å². The van der Waals surface area contributed by atoms with E-state index in [9.17, 15) is 0 Å². The summed E-state index contributed by atoms with van der Waals surface area (Å²) < 4.78 is 0. The number of hydrazine groups is 1. The van der Waals surface area contributed by atoms with Crippen LogP contribution in [-0.2, 0) is 0 Å². The summed E-state index contributed by atoms with van der Waals surface area (Å²) in [6.07, 6.45) is 3.78. The Labute approximate surface area is 81.0 Å². The van der Waals surface area contributed by atoms with E-state index in [4.69, 9.17) is 0 Å². The number of hydrazone groups is 1. The molecule has 4 heteroatoms. The van der Waals surface area contributed by atoms with Gasteiger partial charge in [-0.15, -0.1) is 0 Å². The van der Waals surface area contributed by atoms with Crippen LogP contribution in [0.1, 0.15) is 5.56 Å². The van der Waals surface area contributed by atoms with Gasteiger partial charge in [0, 0.05) is 5.56 Å². The highest BCUT2D eigenvalue weighted by Gasteiger charge is 2.14. The van der Waals surface area contributed by atoms with Gasteiger partial charge in [0.1, 0.15) is 5.71 Å². The standard InChI is InChI=1S/C10H8N4/c1-2-4-8-7(3-1)5-9-10(6-11-8)13-14-12-9/h1-6,12,14H. The van der Waals surface area contributed by atoms with Gasteiger partial charge in [-0.05, 0) is 12.1 Å². The molecule has 0 atom stereocenters. The van der Waals surface area contributed by atoms with Gasteiger partial charge in [-0.1, -0.05) is 18.2 Å². The van der Waals surface area contributed by atoms with Crippen LogP contribution < -0.4 is 11.0 Å². The van der Waals surface area contributed by atoms with Crippen molar-refractivity contribution in [3.63, 3.8) is 0 Å². The molecule has 0 saturated heterocycles. The molecule has 2 aliphatic heterocycles. The van der Waals surface area contributed by atoms with Crippen molar-refractivity contribution in [3.8, 4) is 0 Å². The molecule has 0 amide bonds. The lowest BCUT2D eigenvalue weighted by molar-refractivity contribution is 0.692. The second-order valence-corrected chi connectivity index (χ2v) is 3.11. The highest BCUT2D eigenvalue weighted by atomic mass is 15.6. The minimum Gasteiger partial charge on any atom is -0.283 e. The largest absolute Gasteiger partial charge is 0.283 e. The average Bonchev–Trinajstić information content (AvgIpc) is 2.58. The third-order valence-electron chi connectivity index (χ3n) is 2.21. The number of nitrogens with zero attached hydrogens (tertiary/aromatic N) is 2. The zero-order valence-corrected chi connectivity index (χ0v) is 7.36. The van der Waals surface area contributed by atoms with Crippen molar-refractivity contribution >= 4 is 23.7 Å². The molecule has 2 heterocycles. The molecule has 14 heavy (non-hydrogen) atoms. The third kappa shape index (κ3) is 1.01. The van der Waals surface area contributed by atoms with Gasteiger partial charge >= 0.3 is 0 Å². The predicted molar refractivity (Wildman–Crippen MR) is 56.3 cm³/mol. The zero-order valence-electron chi connectivity index (χ0n) is 7.36. The summed E-state index contributed by atoms with van der Waals surface area (Å²) in [5.41, 5.74) is 9.52. The Bertz CT molecular complexity index is 471. The number of nitrogens with one attached hydrogen (secondary N) is 2. The highest BCUT2D eigenvalue weighted by molar-refractivity contribution is 6.40. The average molecular weight is 184 g/mol. The van der Waals surface area contributed by atoms with Crippen LogP contribution in [0, 0.1) is 0 Å². The van der Waals surface area contributed by atoms with Crippen molar-refractivity contribution in [2.45, 2.75) is 0 Å². The maximum atomic E-state index is 4.34. The summed E-state index contributed by atoms with van der Waals surface area (Å²) in [6.45, 7) is 0. The summed E-state index contributed by atoms with van der Waals surface area (Å²) in [5, 5.41) is 4.04. The van der Waals surface area contributed by atoms with Crippen molar-refractivity contribution in [3.05, 3.63) is 35.5 Å². The van der Waals surface area contributed by atoms with Gasteiger partial charge in [-0.2, -0.15) is 5.10 Å². The van der Waals surface area contributed by atoms with E-state index in [1.807, 2.05) is 30.3 Å². The summed E-state index contributed by atoms with van der Waals surface area (Å²) >= 11 is 0. The monoisotopic (exact) mass is 184 g/mol. The summed E-state index contributed by atoms with van der Waals surface area (Å²) in [7, 11) is 0. The molecule has 0 fully saturated rings. The van der Waals surface area contributed by atoms with E-state index in [1.165, 1.54) is 0 Å². The highest BCUT2D eigenvalue weighted by Crippen LogP contribution is 2.23. The van der Waals surface area contributed by atoms with Crippen LogP contribution in [0.15, 0.2) is 40.1 Å². The number of para-hydroxylation sites is 1. The smallest absolute Gasteiger partial charge is 0.128 e. The maximum Gasteiger partial charge on any atom is 0.128 e. The van der Waals surface area contributed by atoms with E-state index in [2.05, 4.69) is 21.1 Å². The molecular formula is C10H8N4. The molecule has 0 aliphatic carbocycles. The third-order valence-corrected chi connectivity index (χ3v) is 2.21. The fraction of sp³-hybridized carbons (Fsp3) is 0. The molecule has 0 saturated carbocycles. The van der Waals surface area contributed by atoms with Crippen LogP contribution >= 0.6 is 0 Å². The second-order valence-electron chi connectivity index (χ2n) is 3.11. The van der Waals surface area contributed by atoms with Crippen LogP contribution in [-0.4, -0.2) is 11.9 Å². The first-order chi connectivity index (χ1) is 6.93. The van der Waals surface area contributed by atoms with Gasteiger partial charge in [0.25, 0.3) is 0 Å². The minimum absolute atomic E-state index is 0.834. The van der Waals surface area contributed by atoms with Gasteiger partial charge in [-0.25, -0.2) is 5.53 Å². The van der Waals surface area contributed by atoms with Crippen molar-refractivity contribution in [1.29, 1.82) is 0 Å². The number of hydrogen-bond donors (Lipinski definition) is 2. The molecule has 2 N–H and O–H groups in total. The number of rotatable bonds is 0. The molecule has 0 aromatic heterocycles. The van der Waals surface area contributed by atoms with Gasteiger partial charge in [0.05, 0.1) is 17.6 Å². The predicted octanol–water partition coefficient (Wildman–Crippen LogP) is 1.21. The molecule has 2 aliphatic rings. The van der Waals surface area contributed by atoms with Crippen molar-refractivity contribution in [1.82, 2.24) is 11.0 Å². The fourth-order valence-corrected chi connectivity index (χ4v) is 1.49. The Morgan fingerprint density at radius 3 is 3.07 bits per heavy atom. The first kappa shape index (κ1) is 7.32. The zero-order chi connectivity index (χ0) is 9.38. The number of benzene rings is 1. The molecule has 0 bridgehead atoms. The molecule has 3 rings (SSSR count). The lowest BCUT2D eigenvalue weighted by Gasteiger charge is -1.99. The number of hydrogen-bond acceptors (Lipinski definition) is 4. The Morgan fingerprint density at radius 2 is 2.07 bits per heavy atom. The summed E-state index contributed by atoms with van der Waals surface area (Å²) in [5.74, 6) is 0. The number of fused-ring (bicyclic) bond motifs is 2. The van der Waals surface area contributed by atoms with E-state index >= 15 is 0 Å². The van der Waals surface area contributed by atoms with Crippen LogP contribution in [0.4, 0.5) is 5.69 Å². The normalized spacial score (nSPS) is 16.9. The van der Waals surface area contributed by atoms with Gasteiger partial charge in [0.15, 0.2) is 0 Å². The van der Waals surface area contributed by atoms with E-state index in [-0.39, 0.29) is 0 Å². The van der Waals surface area contributed by atoms with Gasteiger partial charge in [0.2, 0.25) is 0 Å². The Kier molecular flexibility index (Phi) is 1.41. The Balaban J connectivity index is 2.22. The van der Waals surface area contributed by atoms with Crippen LogP contribution in [0.25, 0.3) is 6.08 Å². The molecule has 0 unspecified atom stereocenters. The second kappa shape index (κ2) is 2.70. The summed E-state index contributed by atoms with van der Waals surface area (Å²) in [4.78, 5) is 4.34. The fourth-order valence-electron chi connectivity index (χ4n) is 1.49. The van der Waals surface area contributed by atoms with E-state index in [0.717, 1.165) is 22.7 Å². The maximum absolute atomic E-state index is 4.34. The number of allylic oxidation sites excluding steroid dienone is 1. The lowest BCUT2D eigenvalue weighted by atomic mass is 10.1. The van der Waals surface area contributed by atoms with E-state index in [1.54, 1.807) is 6.21 Å². The van der Waals surface area contributed by atoms with E-state index < -0.39 is 0 Å². The van der Waals surface area contributed by atoms with Crippen LogP contribution in [0.2, 0.25) is 0 Å². The van der Waals surface area contributed by atoms with Gasteiger partial charge in [-0.3, -0.25) is 10.4 Å². The topological polar surface area (TPSA) is 48.8 Å². The number of aliphatic imine (C=N–C) groups is 1. The molecule has 0 spiro atoms. The van der Waals surface area contributed by atoms with Crippen molar-refractivity contribution < 1.29 is 0 Å². The minimum atomic E-state index is 0.834. The van der Waals surface area contributed by atoms with E-state index in [0.29, 0.717) is 0 Å². The molecular weight excluding hydrogens is 176 g/mol. The SMILES string of the molecule is C1=Nc2ccccc2C=C2NNN=C12. The van der Waals surface area contributed by atoms with Gasteiger partial charge < -0.3 is 0 Å². The molecule has 4 nitrogen and oxygen atoms in total.